The summed E-state index contributed by atoms with van der Waals surface area (Å²) in [5.41, 5.74) is 0. The van der Waals surface area contributed by atoms with Gasteiger partial charge in [-0.05, 0) is 12.8 Å². The summed E-state index contributed by atoms with van der Waals surface area (Å²) in [6.45, 7) is 0. The van der Waals surface area contributed by atoms with Gasteiger partial charge in [-0.3, -0.25) is 4.18 Å². The highest BCUT2D eigenvalue weighted by molar-refractivity contribution is 7.84. The molecule has 0 atom stereocenters. The molecular formula is C7H15NO3S. The minimum absolute atomic E-state index is 0.0868. The van der Waals surface area contributed by atoms with Crippen LogP contribution < -0.4 is 4.72 Å². The summed E-state index contributed by atoms with van der Waals surface area (Å²) in [5.74, 6) is 0. The third-order valence-corrected chi connectivity index (χ3v) is 3.20. The Morgan fingerprint density at radius 2 is 1.83 bits per heavy atom. The van der Waals surface area contributed by atoms with Crippen molar-refractivity contribution in [2.45, 2.75) is 38.1 Å². The largest absolute Gasteiger partial charge is 0.335 e. The van der Waals surface area contributed by atoms with Crippen molar-refractivity contribution in [1.82, 2.24) is 4.72 Å². The number of hydrogen-bond donors (Lipinski definition) is 1. The van der Waals surface area contributed by atoms with Gasteiger partial charge in [0, 0.05) is 6.04 Å². The van der Waals surface area contributed by atoms with Gasteiger partial charge in [0.2, 0.25) is 0 Å². The van der Waals surface area contributed by atoms with Gasteiger partial charge in [0.05, 0.1) is 7.11 Å². The zero-order valence-corrected chi connectivity index (χ0v) is 8.06. The van der Waals surface area contributed by atoms with E-state index in [1.165, 1.54) is 13.5 Å². The van der Waals surface area contributed by atoms with E-state index in [1.807, 2.05) is 0 Å². The standard InChI is InChI=1S/C7H15NO3S/c1-11-12(9,10)8-7-5-3-2-4-6-7/h7-8H,2-6H2,1H3. The lowest BCUT2D eigenvalue weighted by molar-refractivity contribution is 0.355. The fraction of sp³-hybridized carbons (Fsp3) is 1.00. The monoisotopic (exact) mass is 193 g/mol. The second-order valence-electron chi connectivity index (χ2n) is 3.07. The van der Waals surface area contributed by atoms with Gasteiger partial charge >= 0.3 is 10.3 Å². The smallest absolute Gasteiger partial charge is 0.261 e. The molecule has 0 aromatic heterocycles. The van der Waals surface area contributed by atoms with Gasteiger partial charge in [0.1, 0.15) is 0 Å². The van der Waals surface area contributed by atoms with Crippen molar-refractivity contribution < 1.29 is 12.6 Å². The molecular weight excluding hydrogens is 178 g/mol. The Morgan fingerprint density at radius 1 is 1.25 bits per heavy atom. The molecule has 0 radical (unpaired) electrons. The van der Waals surface area contributed by atoms with E-state index >= 15 is 0 Å². The summed E-state index contributed by atoms with van der Waals surface area (Å²) >= 11 is 0. The van der Waals surface area contributed by atoms with E-state index < -0.39 is 10.3 Å². The van der Waals surface area contributed by atoms with Crippen LogP contribution in [0.2, 0.25) is 0 Å². The van der Waals surface area contributed by atoms with Gasteiger partial charge in [-0.25, -0.2) is 0 Å². The molecule has 1 aliphatic carbocycles. The molecule has 0 aromatic rings. The Morgan fingerprint density at radius 3 is 2.33 bits per heavy atom. The van der Waals surface area contributed by atoms with Crippen molar-refractivity contribution in [2.24, 2.45) is 0 Å². The van der Waals surface area contributed by atoms with Crippen LogP contribution in [0, 0.1) is 0 Å². The molecule has 72 valence electrons. The molecule has 0 bridgehead atoms. The minimum Gasteiger partial charge on any atom is -0.261 e. The molecule has 1 rings (SSSR count). The topological polar surface area (TPSA) is 55.4 Å². The second kappa shape index (κ2) is 4.20. The fourth-order valence-electron chi connectivity index (χ4n) is 1.47. The fourth-order valence-corrected chi connectivity index (χ4v) is 2.21. The van der Waals surface area contributed by atoms with Crippen LogP contribution in [0.3, 0.4) is 0 Å². The maximum absolute atomic E-state index is 10.9. The Hall–Kier alpha value is -0.130. The number of nitrogens with one attached hydrogen (secondary N) is 1. The molecule has 1 aliphatic rings. The maximum Gasteiger partial charge on any atom is 0.335 e. The highest BCUT2D eigenvalue weighted by Crippen LogP contribution is 2.17. The Labute approximate surface area is 73.6 Å². The highest BCUT2D eigenvalue weighted by Gasteiger charge is 2.18. The molecule has 1 N–H and O–H groups in total. The lowest BCUT2D eigenvalue weighted by Gasteiger charge is -2.21. The van der Waals surface area contributed by atoms with Crippen molar-refractivity contribution in [2.75, 3.05) is 7.11 Å². The lowest BCUT2D eigenvalue weighted by Crippen LogP contribution is -2.36. The minimum atomic E-state index is -3.47. The average molecular weight is 193 g/mol. The normalized spacial score (nSPS) is 21.1. The molecule has 12 heavy (non-hydrogen) atoms. The van der Waals surface area contributed by atoms with Gasteiger partial charge in [-0.15, -0.1) is 0 Å². The van der Waals surface area contributed by atoms with Gasteiger partial charge in [-0.1, -0.05) is 19.3 Å². The zero-order chi connectivity index (χ0) is 9.03. The van der Waals surface area contributed by atoms with Crippen LogP contribution in [0.25, 0.3) is 0 Å². The van der Waals surface area contributed by atoms with Crippen LogP contribution in [-0.4, -0.2) is 21.6 Å². The Balaban J connectivity index is 2.39. The summed E-state index contributed by atoms with van der Waals surface area (Å²) < 4.78 is 28.7. The first kappa shape index (κ1) is 9.95. The van der Waals surface area contributed by atoms with E-state index in [1.54, 1.807) is 0 Å². The molecule has 0 unspecified atom stereocenters. The molecule has 0 aromatic carbocycles. The second-order valence-corrected chi connectivity index (χ2v) is 4.55. The van der Waals surface area contributed by atoms with Crippen molar-refractivity contribution in [3.63, 3.8) is 0 Å². The van der Waals surface area contributed by atoms with Crippen molar-refractivity contribution in [1.29, 1.82) is 0 Å². The van der Waals surface area contributed by atoms with Crippen LogP contribution >= 0.6 is 0 Å². The van der Waals surface area contributed by atoms with E-state index in [-0.39, 0.29) is 6.04 Å². The predicted octanol–water partition coefficient (Wildman–Crippen LogP) is 0.800. The van der Waals surface area contributed by atoms with E-state index in [0.29, 0.717) is 0 Å². The van der Waals surface area contributed by atoms with Crippen LogP contribution in [-0.2, 0) is 14.5 Å². The van der Waals surface area contributed by atoms with E-state index in [2.05, 4.69) is 8.91 Å². The average Bonchev–Trinajstić information content (AvgIpc) is 2.06. The van der Waals surface area contributed by atoms with Crippen LogP contribution in [0.1, 0.15) is 32.1 Å². The van der Waals surface area contributed by atoms with Crippen LogP contribution in [0.15, 0.2) is 0 Å². The molecule has 0 amide bonds. The predicted molar refractivity (Wildman–Crippen MR) is 45.9 cm³/mol. The molecule has 1 fully saturated rings. The Kier molecular flexibility index (Phi) is 3.49. The van der Waals surface area contributed by atoms with E-state index in [9.17, 15) is 8.42 Å². The SMILES string of the molecule is COS(=O)(=O)NC1CCCCC1. The highest BCUT2D eigenvalue weighted by atomic mass is 32.2. The summed E-state index contributed by atoms with van der Waals surface area (Å²) in [6.07, 6.45) is 5.30. The molecule has 0 saturated heterocycles. The van der Waals surface area contributed by atoms with Gasteiger partial charge in [0.25, 0.3) is 0 Å². The first-order valence-electron chi connectivity index (χ1n) is 4.22. The van der Waals surface area contributed by atoms with Gasteiger partial charge in [0.15, 0.2) is 0 Å². The maximum atomic E-state index is 10.9. The number of hydrogen-bond acceptors (Lipinski definition) is 3. The van der Waals surface area contributed by atoms with E-state index in [4.69, 9.17) is 0 Å². The first-order chi connectivity index (χ1) is 5.64. The van der Waals surface area contributed by atoms with E-state index in [0.717, 1.165) is 25.7 Å². The lowest BCUT2D eigenvalue weighted by atomic mass is 9.96. The summed E-state index contributed by atoms with van der Waals surface area (Å²) in [7, 11) is -2.30. The van der Waals surface area contributed by atoms with Gasteiger partial charge in [-0.2, -0.15) is 13.1 Å². The van der Waals surface area contributed by atoms with Crippen molar-refractivity contribution >= 4 is 10.3 Å². The van der Waals surface area contributed by atoms with Gasteiger partial charge < -0.3 is 0 Å². The molecule has 4 nitrogen and oxygen atoms in total. The molecule has 5 heteroatoms. The molecule has 0 aliphatic heterocycles. The third-order valence-electron chi connectivity index (χ3n) is 2.14. The van der Waals surface area contributed by atoms with Crippen molar-refractivity contribution in [3.8, 4) is 0 Å². The number of rotatable bonds is 3. The molecule has 1 saturated carbocycles. The van der Waals surface area contributed by atoms with Crippen LogP contribution in [0.5, 0.6) is 0 Å². The summed E-state index contributed by atoms with van der Waals surface area (Å²) in [5, 5.41) is 0. The van der Waals surface area contributed by atoms with Crippen molar-refractivity contribution in [3.05, 3.63) is 0 Å². The quantitative estimate of drug-likeness (QED) is 0.721. The Bertz CT molecular complexity index is 219. The summed E-state index contributed by atoms with van der Waals surface area (Å²) in [6, 6.07) is 0.0868. The first-order valence-corrected chi connectivity index (χ1v) is 5.63. The summed E-state index contributed by atoms with van der Waals surface area (Å²) in [4.78, 5) is 0. The van der Waals surface area contributed by atoms with Crippen LogP contribution in [0.4, 0.5) is 0 Å². The third kappa shape index (κ3) is 3.08. The zero-order valence-electron chi connectivity index (χ0n) is 7.25. The molecule has 0 spiro atoms. The molecule has 0 heterocycles.